The van der Waals surface area contributed by atoms with Crippen molar-refractivity contribution < 1.29 is 17.5 Å². The summed E-state index contributed by atoms with van der Waals surface area (Å²) in [6.07, 6.45) is 1.38. The first kappa shape index (κ1) is 15.4. The smallest absolute Gasteiger partial charge is 0.214 e. The van der Waals surface area contributed by atoms with Crippen molar-refractivity contribution in [1.29, 1.82) is 0 Å². The second-order valence-electron chi connectivity index (χ2n) is 4.87. The van der Waals surface area contributed by atoms with E-state index in [4.69, 9.17) is 10.5 Å². The minimum Gasteiger partial charge on any atom is -0.377 e. The van der Waals surface area contributed by atoms with Crippen LogP contribution in [0.25, 0.3) is 0 Å². The predicted molar refractivity (Wildman–Crippen MR) is 73.9 cm³/mol. The third-order valence-electron chi connectivity index (χ3n) is 3.27. The molecule has 0 bridgehead atoms. The highest BCUT2D eigenvalue weighted by atomic mass is 32.2. The molecule has 0 spiro atoms. The molecular formula is C13H19FN2O3S. The Morgan fingerprint density at radius 1 is 1.45 bits per heavy atom. The minimum absolute atomic E-state index is 0.0638. The van der Waals surface area contributed by atoms with Gasteiger partial charge in [-0.2, -0.15) is 0 Å². The largest absolute Gasteiger partial charge is 0.377 e. The minimum atomic E-state index is -3.46. The van der Waals surface area contributed by atoms with E-state index in [1.54, 1.807) is 12.1 Å². The lowest BCUT2D eigenvalue weighted by atomic mass is 10.1. The van der Waals surface area contributed by atoms with E-state index in [0.717, 1.165) is 12.8 Å². The highest BCUT2D eigenvalue weighted by molar-refractivity contribution is 7.89. The molecule has 1 heterocycles. The zero-order chi connectivity index (χ0) is 14.6. The van der Waals surface area contributed by atoms with Crippen LogP contribution in [0.3, 0.4) is 0 Å². The second kappa shape index (κ2) is 6.62. The molecule has 1 aromatic carbocycles. The Morgan fingerprint density at radius 2 is 2.25 bits per heavy atom. The molecule has 2 rings (SSSR count). The molecule has 7 heteroatoms. The van der Waals surface area contributed by atoms with Gasteiger partial charge in [-0.3, -0.25) is 0 Å². The van der Waals surface area contributed by atoms with Crippen molar-refractivity contribution in [2.24, 2.45) is 5.73 Å². The van der Waals surface area contributed by atoms with Crippen LogP contribution >= 0.6 is 0 Å². The Hall–Kier alpha value is -1.02. The molecular weight excluding hydrogens is 283 g/mol. The monoisotopic (exact) mass is 302 g/mol. The molecule has 0 saturated carbocycles. The highest BCUT2D eigenvalue weighted by Crippen LogP contribution is 2.14. The van der Waals surface area contributed by atoms with Crippen LogP contribution in [0.5, 0.6) is 0 Å². The number of nitrogens with one attached hydrogen (secondary N) is 1. The molecule has 0 amide bonds. The number of ether oxygens (including phenoxy) is 1. The maximum absolute atomic E-state index is 13.7. The van der Waals surface area contributed by atoms with Gasteiger partial charge < -0.3 is 10.5 Å². The van der Waals surface area contributed by atoms with Gasteiger partial charge in [0.2, 0.25) is 10.0 Å². The number of rotatable bonds is 6. The van der Waals surface area contributed by atoms with Gasteiger partial charge in [-0.25, -0.2) is 17.5 Å². The molecule has 1 aromatic rings. The highest BCUT2D eigenvalue weighted by Gasteiger charge is 2.23. The van der Waals surface area contributed by atoms with E-state index in [1.165, 1.54) is 6.07 Å². The molecule has 5 nitrogen and oxygen atoms in total. The van der Waals surface area contributed by atoms with Crippen molar-refractivity contribution >= 4 is 10.0 Å². The topological polar surface area (TPSA) is 81.4 Å². The molecule has 20 heavy (non-hydrogen) atoms. The number of nitrogens with two attached hydrogens (primary N) is 1. The summed E-state index contributed by atoms with van der Waals surface area (Å²) in [6.45, 7) is 0.795. The summed E-state index contributed by atoms with van der Waals surface area (Å²) in [7, 11) is -3.46. The van der Waals surface area contributed by atoms with Crippen LogP contribution in [0, 0.1) is 5.82 Å². The van der Waals surface area contributed by atoms with Crippen molar-refractivity contribution in [3.8, 4) is 0 Å². The molecule has 1 atom stereocenters. The van der Waals surface area contributed by atoms with Gasteiger partial charge in [-0.05, 0) is 24.5 Å². The summed E-state index contributed by atoms with van der Waals surface area (Å²) in [5, 5.41) is 0. The fourth-order valence-corrected chi connectivity index (χ4v) is 3.37. The van der Waals surface area contributed by atoms with E-state index in [2.05, 4.69) is 4.72 Å². The van der Waals surface area contributed by atoms with E-state index >= 15 is 0 Å². The van der Waals surface area contributed by atoms with Gasteiger partial charge >= 0.3 is 0 Å². The maximum atomic E-state index is 13.7. The fourth-order valence-electron chi connectivity index (χ4n) is 2.13. The number of sulfonamides is 1. The Bertz CT molecular complexity index is 557. The lowest BCUT2D eigenvalue weighted by Crippen LogP contribution is -2.31. The number of halogens is 1. The van der Waals surface area contributed by atoms with Crippen LogP contribution in [0.2, 0.25) is 0 Å². The zero-order valence-corrected chi connectivity index (χ0v) is 12.0. The average Bonchev–Trinajstić information content (AvgIpc) is 2.89. The average molecular weight is 302 g/mol. The maximum Gasteiger partial charge on any atom is 0.214 e. The van der Waals surface area contributed by atoms with Crippen molar-refractivity contribution in [3.63, 3.8) is 0 Å². The standard InChI is InChI=1S/C13H19FN2O3S/c14-13-6-10(7-15)3-4-11(13)8-16-20(17,18)9-12-2-1-5-19-12/h3-4,6,12,16H,1-2,5,7-9,15H2. The van der Waals surface area contributed by atoms with E-state index < -0.39 is 15.8 Å². The van der Waals surface area contributed by atoms with E-state index in [-0.39, 0.29) is 24.9 Å². The van der Waals surface area contributed by atoms with Gasteiger partial charge in [-0.15, -0.1) is 0 Å². The van der Waals surface area contributed by atoms with Crippen LogP contribution in [0.1, 0.15) is 24.0 Å². The van der Waals surface area contributed by atoms with Crippen molar-refractivity contribution in [2.45, 2.75) is 32.0 Å². The molecule has 112 valence electrons. The van der Waals surface area contributed by atoms with Gasteiger partial charge in [0.05, 0.1) is 11.9 Å². The van der Waals surface area contributed by atoms with E-state index in [0.29, 0.717) is 17.7 Å². The Labute approximate surface area is 118 Å². The van der Waals surface area contributed by atoms with Crippen molar-refractivity contribution in [2.75, 3.05) is 12.4 Å². The molecule has 1 aliphatic heterocycles. The third-order valence-corrected chi connectivity index (χ3v) is 4.66. The van der Waals surface area contributed by atoms with Gasteiger partial charge in [0.15, 0.2) is 0 Å². The summed E-state index contributed by atoms with van der Waals surface area (Å²) < 4.78 is 45.1. The summed E-state index contributed by atoms with van der Waals surface area (Å²) in [5.74, 6) is -0.525. The summed E-state index contributed by atoms with van der Waals surface area (Å²) >= 11 is 0. The second-order valence-corrected chi connectivity index (χ2v) is 6.72. The Balaban J connectivity index is 1.93. The van der Waals surface area contributed by atoms with Gasteiger partial charge in [0.1, 0.15) is 5.82 Å². The van der Waals surface area contributed by atoms with Crippen LogP contribution in [-0.4, -0.2) is 26.9 Å². The molecule has 1 saturated heterocycles. The molecule has 1 aliphatic rings. The Kier molecular flexibility index (Phi) is 5.09. The first-order chi connectivity index (χ1) is 9.50. The summed E-state index contributed by atoms with van der Waals surface area (Å²) in [6, 6.07) is 4.56. The predicted octanol–water partition coefficient (Wildman–Crippen LogP) is 0.883. The summed E-state index contributed by atoms with van der Waals surface area (Å²) in [4.78, 5) is 0. The fraction of sp³-hybridized carbons (Fsp3) is 0.538. The first-order valence-electron chi connectivity index (χ1n) is 6.56. The van der Waals surface area contributed by atoms with Gasteiger partial charge in [0, 0.05) is 25.3 Å². The SMILES string of the molecule is NCc1ccc(CNS(=O)(=O)CC2CCCO2)c(F)c1. The number of hydrogen-bond acceptors (Lipinski definition) is 4. The van der Waals surface area contributed by atoms with Crippen LogP contribution in [-0.2, 0) is 27.8 Å². The molecule has 0 aromatic heterocycles. The zero-order valence-electron chi connectivity index (χ0n) is 11.1. The molecule has 0 radical (unpaired) electrons. The normalized spacial score (nSPS) is 19.4. The van der Waals surface area contributed by atoms with Gasteiger partial charge in [0.25, 0.3) is 0 Å². The lowest BCUT2D eigenvalue weighted by Gasteiger charge is -2.12. The first-order valence-corrected chi connectivity index (χ1v) is 8.22. The van der Waals surface area contributed by atoms with Crippen molar-refractivity contribution in [3.05, 3.63) is 35.1 Å². The quantitative estimate of drug-likeness (QED) is 0.817. The molecule has 1 fully saturated rings. The van der Waals surface area contributed by atoms with E-state index in [9.17, 15) is 12.8 Å². The van der Waals surface area contributed by atoms with Crippen LogP contribution in [0.15, 0.2) is 18.2 Å². The number of benzene rings is 1. The summed E-state index contributed by atoms with van der Waals surface area (Å²) in [5.41, 5.74) is 6.39. The Morgan fingerprint density at radius 3 is 2.85 bits per heavy atom. The molecule has 3 N–H and O–H groups in total. The van der Waals surface area contributed by atoms with Crippen molar-refractivity contribution in [1.82, 2.24) is 4.72 Å². The molecule has 0 aliphatic carbocycles. The van der Waals surface area contributed by atoms with Gasteiger partial charge in [-0.1, -0.05) is 12.1 Å². The molecule has 1 unspecified atom stereocenters. The third kappa shape index (κ3) is 4.24. The van der Waals surface area contributed by atoms with E-state index in [1.807, 2.05) is 0 Å². The van der Waals surface area contributed by atoms with Crippen LogP contribution < -0.4 is 10.5 Å². The number of hydrogen-bond donors (Lipinski definition) is 2. The van der Waals surface area contributed by atoms with Crippen LogP contribution in [0.4, 0.5) is 4.39 Å². The lowest BCUT2D eigenvalue weighted by molar-refractivity contribution is 0.127.